The summed E-state index contributed by atoms with van der Waals surface area (Å²) in [6.07, 6.45) is 0.382. The van der Waals surface area contributed by atoms with Crippen LogP contribution in [0.15, 0.2) is 18.2 Å². The molecule has 0 aromatic heterocycles. The number of amides is 3. The van der Waals surface area contributed by atoms with Crippen molar-refractivity contribution < 1.29 is 27.5 Å². The zero-order valence-electron chi connectivity index (χ0n) is 13.6. The zero-order valence-corrected chi connectivity index (χ0v) is 14.4. The van der Waals surface area contributed by atoms with Crippen molar-refractivity contribution in [2.75, 3.05) is 23.6 Å². The highest BCUT2D eigenvalue weighted by molar-refractivity contribution is 7.91. The van der Waals surface area contributed by atoms with Crippen molar-refractivity contribution in [3.05, 3.63) is 18.2 Å². The van der Waals surface area contributed by atoms with E-state index < -0.39 is 33.9 Å². The van der Waals surface area contributed by atoms with Crippen molar-refractivity contribution in [1.82, 2.24) is 10.6 Å². The van der Waals surface area contributed by atoms with Crippen LogP contribution in [0.2, 0.25) is 0 Å². The maximum atomic E-state index is 12.2. The van der Waals surface area contributed by atoms with Gasteiger partial charge in [-0.15, -0.1) is 0 Å². The van der Waals surface area contributed by atoms with Crippen LogP contribution in [-0.2, 0) is 14.6 Å². The predicted octanol–water partition coefficient (Wildman–Crippen LogP) is 0.229. The summed E-state index contributed by atoms with van der Waals surface area (Å²) in [6, 6.07) is 3.19. The summed E-state index contributed by atoms with van der Waals surface area (Å²) in [7, 11) is -3.08. The normalized spacial score (nSPS) is 21.4. The smallest absolute Gasteiger partial charge is 0.315 e. The number of carbonyl (C=O) groups excluding carboxylic acids is 2. The number of ether oxygens (including phenoxy) is 2. The van der Waals surface area contributed by atoms with Crippen molar-refractivity contribution in [2.24, 2.45) is 0 Å². The Morgan fingerprint density at radius 2 is 2.00 bits per heavy atom. The van der Waals surface area contributed by atoms with Gasteiger partial charge in [0.05, 0.1) is 11.5 Å². The van der Waals surface area contributed by atoms with Gasteiger partial charge in [-0.25, -0.2) is 13.2 Å². The van der Waals surface area contributed by atoms with Gasteiger partial charge in [0.1, 0.15) is 6.04 Å². The SMILES string of the molecule is C[C@H](NC(=O)N[C@@H]1CCS(=O)(=O)C1)C(=O)Nc1ccc2c(c1)OCO2. The van der Waals surface area contributed by atoms with Crippen LogP contribution in [0.3, 0.4) is 0 Å². The maximum absolute atomic E-state index is 12.2. The van der Waals surface area contributed by atoms with Crippen LogP contribution >= 0.6 is 0 Å². The first-order chi connectivity index (χ1) is 11.8. The van der Waals surface area contributed by atoms with E-state index in [1.165, 1.54) is 6.92 Å². The number of anilines is 1. The van der Waals surface area contributed by atoms with Crippen LogP contribution < -0.4 is 25.4 Å². The second-order valence-corrected chi connectivity index (χ2v) is 8.23. The van der Waals surface area contributed by atoms with E-state index >= 15 is 0 Å². The number of sulfone groups is 1. The van der Waals surface area contributed by atoms with Gasteiger partial charge in [0.2, 0.25) is 12.7 Å². The third-order valence-corrected chi connectivity index (χ3v) is 5.72. The van der Waals surface area contributed by atoms with Gasteiger partial charge in [0, 0.05) is 17.8 Å². The van der Waals surface area contributed by atoms with E-state index in [0.717, 1.165) is 0 Å². The average Bonchev–Trinajstić information content (AvgIpc) is 3.12. The summed E-state index contributed by atoms with van der Waals surface area (Å²) in [5.41, 5.74) is 0.519. The number of urea groups is 1. The van der Waals surface area contributed by atoms with Gasteiger partial charge in [-0.05, 0) is 25.5 Å². The van der Waals surface area contributed by atoms with Gasteiger partial charge >= 0.3 is 6.03 Å². The Bertz CT molecular complexity index is 794. The number of hydrogen-bond donors (Lipinski definition) is 3. The van der Waals surface area contributed by atoms with Crippen LogP contribution in [0.4, 0.5) is 10.5 Å². The molecule has 0 unspecified atom stereocenters. The molecule has 3 N–H and O–H groups in total. The fraction of sp³-hybridized carbons (Fsp3) is 0.467. The molecule has 9 nitrogen and oxygen atoms in total. The first-order valence-electron chi connectivity index (χ1n) is 7.80. The van der Waals surface area contributed by atoms with E-state index in [4.69, 9.17) is 9.47 Å². The van der Waals surface area contributed by atoms with Crippen molar-refractivity contribution >= 4 is 27.5 Å². The molecule has 0 saturated carbocycles. The summed E-state index contributed by atoms with van der Waals surface area (Å²) < 4.78 is 33.2. The number of hydrogen-bond acceptors (Lipinski definition) is 6. The minimum atomic E-state index is -3.08. The molecule has 1 saturated heterocycles. The number of rotatable bonds is 4. The standard InChI is InChI=1S/C15H19N3O6S/c1-9(16-15(20)18-11-4-5-25(21,22)7-11)14(19)17-10-2-3-12-13(6-10)24-8-23-12/h2-3,6,9,11H,4-5,7-8H2,1H3,(H,17,19)(H2,16,18,20)/t9-,11+/m0/s1. The van der Waals surface area contributed by atoms with Gasteiger partial charge in [-0.2, -0.15) is 0 Å². The molecular formula is C15H19N3O6S. The Morgan fingerprint density at radius 3 is 2.72 bits per heavy atom. The van der Waals surface area contributed by atoms with Crippen LogP contribution in [0.1, 0.15) is 13.3 Å². The average molecular weight is 369 g/mol. The third-order valence-electron chi connectivity index (χ3n) is 3.95. The second kappa shape index (κ2) is 6.79. The van der Waals surface area contributed by atoms with E-state index in [1.54, 1.807) is 18.2 Å². The molecule has 3 rings (SSSR count). The summed E-state index contributed by atoms with van der Waals surface area (Å²) >= 11 is 0. The molecule has 2 aliphatic heterocycles. The first kappa shape index (κ1) is 17.3. The monoisotopic (exact) mass is 369 g/mol. The molecule has 2 aliphatic rings. The molecule has 0 spiro atoms. The summed E-state index contributed by atoms with van der Waals surface area (Å²) in [5, 5.41) is 7.74. The zero-order chi connectivity index (χ0) is 18.0. The summed E-state index contributed by atoms with van der Waals surface area (Å²) in [5.74, 6) is 0.734. The lowest BCUT2D eigenvalue weighted by molar-refractivity contribution is -0.117. The number of nitrogens with one attached hydrogen (secondary N) is 3. The molecule has 10 heteroatoms. The van der Waals surface area contributed by atoms with Crippen molar-refractivity contribution in [3.63, 3.8) is 0 Å². The summed E-state index contributed by atoms with van der Waals surface area (Å²) in [4.78, 5) is 24.1. The molecule has 2 heterocycles. The van der Waals surface area contributed by atoms with Gasteiger partial charge in [-0.3, -0.25) is 4.79 Å². The van der Waals surface area contributed by atoms with E-state index in [9.17, 15) is 18.0 Å². The lowest BCUT2D eigenvalue weighted by Crippen LogP contribution is -2.49. The molecule has 1 aromatic rings. The first-order valence-corrected chi connectivity index (χ1v) is 9.62. The van der Waals surface area contributed by atoms with Crippen LogP contribution in [0.25, 0.3) is 0 Å². The van der Waals surface area contributed by atoms with Crippen LogP contribution in [0.5, 0.6) is 11.5 Å². The predicted molar refractivity (Wildman–Crippen MR) is 89.4 cm³/mol. The van der Waals surface area contributed by atoms with Gasteiger partial charge in [-0.1, -0.05) is 0 Å². The van der Waals surface area contributed by atoms with Gasteiger partial charge < -0.3 is 25.4 Å². The molecule has 0 aliphatic carbocycles. The molecule has 136 valence electrons. The van der Waals surface area contributed by atoms with Crippen molar-refractivity contribution in [2.45, 2.75) is 25.4 Å². The second-order valence-electron chi connectivity index (χ2n) is 6.00. The lowest BCUT2D eigenvalue weighted by Gasteiger charge is -2.17. The van der Waals surface area contributed by atoms with E-state index in [1.807, 2.05) is 0 Å². The quantitative estimate of drug-likeness (QED) is 0.698. The number of carbonyl (C=O) groups is 2. The highest BCUT2D eigenvalue weighted by Crippen LogP contribution is 2.34. The largest absolute Gasteiger partial charge is 0.454 e. The molecule has 3 amide bonds. The van der Waals surface area contributed by atoms with Crippen molar-refractivity contribution in [1.29, 1.82) is 0 Å². The van der Waals surface area contributed by atoms with E-state index in [-0.39, 0.29) is 18.3 Å². The highest BCUT2D eigenvalue weighted by atomic mass is 32.2. The Morgan fingerprint density at radius 1 is 1.24 bits per heavy atom. The maximum Gasteiger partial charge on any atom is 0.315 e. The minimum absolute atomic E-state index is 0.0676. The Kier molecular flexibility index (Phi) is 4.71. The molecule has 2 atom stereocenters. The highest BCUT2D eigenvalue weighted by Gasteiger charge is 2.29. The molecule has 0 bridgehead atoms. The van der Waals surface area contributed by atoms with E-state index in [0.29, 0.717) is 23.6 Å². The third kappa shape index (κ3) is 4.32. The molecular weight excluding hydrogens is 350 g/mol. The Labute approximate surface area is 145 Å². The Hall–Kier alpha value is -2.49. The Balaban J connectivity index is 1.49. The number of fused-ring (bicyclic) bond motifs is 1. The molecule has 25 heavy (non-hydrogen) atoms. The van der Waals surface area contributed by atoms with Gasteiger partial charge in [0.25, 0.3) is 0 Å². The minimum Gasteiger partial charge on any atom is -0.454 e. The lowest BCUT2D eigenvalue weighted by atomic mass is 10.2. The van der Waals surface area contributed by atoms with Gasteiger partial charge in [0.15, 0.2) is 21.3 Å². The number of benzene rings is 1. The van der Waals surface area contributed by atoms with E-state index in [2.05, 4.69) is 16.0 Å². The molecule has 1 fully saturated rings. The van der Waals surface area contributed by atoms with Crippen molar-refractivity contribution in [3.8, 4) is 11.5 Å². The topological polar surface area (TPSA) is 123 Å². The molecule has 1 aromatic carbocycles. The van der Waals surface area contributed by atoms with Crippen LogP contribution in [0, 0.1) is 0 Å². The summed E-state index contributed by atoms with van der Waals surface area (Å²) in [6.45, 7) is 1.68. The fourth-order valence-corrected chi connectivity index (χ4v) is 4.30. The van der Waals surface area contributed by atoms with Crippen LogP contribution in [-0.4, -0.2) is 50.7 Å². The fourth-order valence-electron chi connectivity index (χ4n) is 2.62. The molecule has 0 radical (unpaired) electrons.